The van der Waals surface area contributed by atoms with E-state index in [0.717, 1.165) is 25.0 Å². The lowest BCUT2D eigenvalue weighted by atomic mass is 9.99. The average molecular weight is 275 g/mol. The van der Waals surface area contributed by atoms with E-state index in [1.54, 1.807) is 11.2 Å². The Kier molecular flexibility index (Phi) is 3.56. The fourth-order valence-corrected chi connectivity index (χ4v) is 2.68. The molecule has 1 fully saturated rings. The van der Waals surface area contributed by atoms with Crippen molar-refractivity contribution in [1.82, 2.24) is 14.9 Å². The third kappa shape index (κ3) is 2.34. The molecule has 2 aromatic heterocycles. The Morgan fingerprint density at radius 2 is 2.45 bits per heavy atom. The lowest BCUT2D eigenvalue weighted by Gasteiger charge is -2.35. The zero-order chi connectivity index (χ0) is 13.9. The SMILES string of the molecule is O=C(C(O)c1cnc[nH]1)N1CCCCC1c1ccco1. The van der Waals surface area contributed by atoms with Crippen LogP contribution in [-0.2, 0) is 4.79 Å². The van der Waals surface area contributed by atoms with Crippen LogP contribution < -0.4 is 0 Å². The van der Waals surface area contributed by atoms with E-state index in [0.29, 0.717) is 12.2 Å². The molecule has 2 atom stereocenters. The number of nitrogens with one attached hydrogen (secondary N) is 1. The molecule has 1 aliphatic heterocycles. The molecule has 1 saturated heterocycles. The van der Waals surface area contributed by atoms with Gasteiger partial charge in [-0.1, -0.05) is 0 Å². The molecule has 1 amide bonds. The van der Waals surface area contributed by atoms with E-state index in [1.165, 1.54) is 12.5 Å². The van der Waals surface area contributed by atoms with Gasteiger partial charge >= 0.3 is 0 Å². The summed E-state index contributed by atoms with van der Waals surface area (Å²) in [5.41, 5.74) is 0.416. The normalized spacial score (nSPS) is 20.9. The Morgan fingerprint density at radius 3 is 3.15 bits per heavy atom. The number of aromatic nitrogens is 2. The highest BCUT2D eigenvalue weighted by Crippen LogP contribution is 2.33. The van der Waals surface area contributed by atoms with Crippen molar-refractivity contribution in [2.75, 3.05) is 6.54 Å². The lowest BCUT2D eigenvalue weighted by molar-refractivity contribution is -0.145. The number of aliphatic hydroxyl groups is 1. The van der Waals surface area contributed by atoms with Gasteiger partial charge in [-0.15, -0.1) is 0 Å². The maximum Gasteiger partial charge on any atom is 0.258 e. The van der Waals surface area contributed by atoms with Gasteiger partial charge in [-0.05, 0) is 31.4 Å². The second-order valence-electron chi connectivity index (χ2n) is 4.97. The number of nitrogens with zero attached hydrogens (tertiary/aromatic N) is 2. The number of hydrogen-bond donors (Lipinski definition) is 2. The van der Waals surface area contributed by atoms with Gasteiger partial charge in [0, 0.05) is 6.54 Å². The van der Waals surface area contributed by atoms with E-state index in [1.807, 2.05) is 12.1 Å². The van der Waals surface area contributed by atoms with Gasteiger partial charge in [0.25, 0.3) is 5.91 Å². The first-order valence-corrected chi connectivity index (χ1v) is 6.77. The third-order valence-corrected chi connectivity index (χ3v) is 3.71. The summed E-state index contributed by atoms with van der Waals surface area (Å²) in [7, 11) is 0. The van der Waals surface area contributed by atoms with E-state index in [4.69, 9.17) is 4.42 Å². The second kappa shape index (κ2) is 5.50. The molecule has 6 heteroatoms. The maximum atomic E-state index is 12.5. The smallest absolute Gasteiger partial charge is 0.258 e. The minimum absolute atomic E-state index is 0.0937. The molecule has 2 aromatic rings. The van der Waals surface area contributed by atoms with Gasteiger partial charge < -0.3 is 19.4 Å². The number of aromatic amines is 1. The Balaban J connectivity index is 1.81. The molecule has 1 aliphatic rings. The molecule has 20 heavy (non-hydrogen) atoms. The molecule has 106 valence electrons. The molecule has 0 spiro atoms. The van der Waals surface area contributed by atoms with E-state index in [9.17, 15) is 9.90 Å². The molecule has 3 rings (SSSR count). The Morgan fingerprint density at radius 1 is 1.55 bits per heavy atom. The molecular weight excluding hydrogens is 258 g/mol. The highest BCUT2D eigenvalue weighted by molar-refractivity contribution is 5.82. The molecule has 3 heterocycles. The van der Waals surface area contributed by atoms with Crippen molar-refractivity contribution in [1.29, 1.82) is 0 Å². The van der Waals surface area contributed by atoms with Crippen LogP contribution in [0.4, 0.5) is 0 Å². The monoisotopic (exact) mass is 275 g/mol. The minimum atomic E-state index is -1.20. The molecule has 0 radical (unpaired) electrons. The number of piperidine rings is 1. The topological polar surface area (TPSA) is 82.4 Å². The third-order valence-electron chi connectivity index (χ3n) is 3.71. The summed E-state index contributed by atoms with van der Waals surface area (Å²) < 4.78 is 5.43. The fourth-order valence-electron chi connectivity index (χ4n) is 2.68. The maximum absolute atomic E-state index is 12.5. The van der Waals surface area contributed by atoms with Crippen molar-refractivity contribution in [2.24, 2.45) is 0 Å². The number of amides is 1. The van der Waals surface area contributed by atoms with Gasteiger partial charge in [-0.3, -0.25) is 4.79 Å². The van der Waals surface area contributed by atoms with Crippen LogP contribution in [0.1, 0.15) is 42.9 Å². The first kappa shape index (κ1) is 12.9. The van der Waals surface area contributed by atoms with Crippen LogP contribution in [-0.4, -0.2) is 32.4 Å². The fraction of sp³-hybridized carbons (Fsp3) is 0.429. The van der Waals surface area contributed by atoms with Crippen LogP contribution in [0.3, 0.4) is 0 Å². The zero-order valence-electron chi connectivity index (χ0n) is 11.0. The van der Waals surface area contributed by atoms with E-state index < -0.39 is 6.10 Å². The Bertz CT molecular complexity index is 550. The molecule has 0 saturated carbocycles. The molecule has 2 unspecified atom stereocenters. The highest BCUT2D eigenvalue weighted by Gasteiger charge is 2.33. The number of hydrogen-bond acceptors (Lipinski definition) is 4. The van der Waals surface area contributed by atoms with E-state index in [2.05, 4.69) is 9.97 Å². The Labute approximate surface area is 116 Å². The van der Waals surface area contributed by atoms with Gasteiger partial charge in [0.05, 0.1) is 30.5 Å². The number of carbonyl (C=O) groups excluding carboxylic acids is 1. The number of rotatable bonds is 3. The van der Waals surface area contributed by atoms with E-state index >= 15 is 0 Å². The van der Waals surface area contributed by atoms with Crippen LogP contribution in [0, 0.1) is 0 Å². The number of furan rings is 1. The van der Waals surface area contributed by atoms with Crippen molar-refractivity contribution in [3.8, 4) is 0 Å². The summed E-state index contributed by atoms with van der Waals surface area (Å²) in [6.07, 6.45) is 6.18. The largest absolute Gasteiger partial charge is 0.467 e. The van der Waals surface area contributed by atoms with Crippen molar-refractivity contribution in [3.63, 3.8) is 0 Å². The molecule has 6 nitrogen and oxygen atoms in total. The van der Waals surface area contributed by atoms with Crippen LogP contribution >= 0.6 is 0 Å². The quantitative estimate of drug-likeness (QED) is 0.894. The summed E-state index contributed by atoms with van der Waals surface area (Å²) in [4.78, 5) is 20.8. The molecule has 0 aromatic carbocycles. The van der Waals surface area contributed by atoms with Crippen LogP contribution in [0.2, 0.25) is 0 Å². The molecule has 0 aliphatic carbocycles. The summed E-state index contributed by atoms with van der Waals surface area (Å²) in [6, 6.07) is 3.60. The summed E-state index contributed by atoms with van der Waals surface area (Å²) in [5, 5.41) is 10.2. The second-order valence-corrected chi connectivity index (χ2v) is 4.97. The van der Waals surface area contributed by atoms with E-state index in [-0.39, 0.29) is 11.9 Å². The van der Waals surface area contributed by atoms with Gasteiger partial charge in [0.2, 0.25) is 0 Å². The Hall–Kier alpha value is -2.08. The minimum Gasteiger partial charge on any atom is -0.467 e. The summed E-state index contributed by atoms with van der Waals surface area (Å²) in [5.74, 6) is 0.463. The van der Waals surface area contributed by atoms with Gasteiger partial charge in [0.15, 0.2) is 6.10 Å². The predicted octanol–water partition coefficient (Wildman–Crippen LogP) is 1.79. The van der Waals surface area contributed by atoms with Crippen LogP contribution in [0.25, 0.3) is 0 Å². The van der Waals surface area contributed by atoms with Gasteiger partial charge in [-0.25, -0.2) is 4.98 Å². The van der Waals surface area contributed by atoms with Crippen LogP contribution in [0.15, 0.2) is 35.3 Å². The number of imidazole rings is 1. The van der Waals surface area contributed by atoms with Crippen molar-refractivity contribution in [2.45, 2.75) is 31.4 Å². The van der Waals surface area contributed by atoms with Gasteiger partial charge in [0.1, 0.15) is 5.76 Å². The van der Waals surface area contributed by atoms with Crippen molar-refractivity contribution in [3.05, 3.63) is 42.4 Å². The number of aliphatic hydroxyl groups excluding tert-OH is 1. The summed E-state index contributed by atoms with van der Waals surface area (Å²) in [6.45, 7) is 0.634. The molecular formula is C14H17N3O3. The highest BCUT2D eigenvalue weighted by atomic mass is 16.3. The first-order chi connectivity index (χ1) is 9.77. The van der Waals surface area contributed by atoms with Crippen molar-refractivity contribution >= 4 is 5.91 Å². The predicted molar refractivity (Wildman–Crippen MR) is 70.6 cm³/mol. The van der Waals surface area contributed by atoms with Crippen molar-refractivity contribution < 1.29 is 14.3 Å². The molecule has 2 N–H and O–H groups in total. The summed E-state index contributed by atoms with van der Waals surface area (Å²) >= 11 is 0. The number of likely N-dealkylation sites (tertiary alicyclic amines) is 1. The first-order valence-electron chi connectivity index (χ1n) is 6.77. The zero-order valence-corrected chi connectivity index (χ0v) is 11.0. The van der Waals surface area contributed by atoms with Crippen LogP contribution in [0.5, 0.6) is 0 Å². The lowest BCUT2D eigenvalue weighted by Crippen LogP contribution is -2.41. The van der Waals surface area contributed by atoms with Gasteiger partial charge in [-0.2, -0.15) is 0 Å². The number of H-pyrrole nitrogens is 1. The standard InChI is InChI=1S/C14H17N3O3/c18-13(10-8-15-9-16-10)14(19)17-6-2-1-4-11(17)12-5-3-7-20-12/h3,5,7-9,11,13,18H,1-2,4,6H2,(H,15,16). The number of carbonyl (C=O) groups is 1. The average Bonchev–Trinajstić information content (AvgIpc) is 3.18. The molecule has 0 bridgehead atoms.